The van der Waals surface area contributed by atoms with E-state index in [1.165, 1.54) is 18.2 Å². The minimum Gasteiger partial charge on any atom is -0.315 e. The van der Waals surface area contributed by atoms with Gasteiger partial charge in [0.1, 0.15) is 11.6 Å². The van der Waals surface area contributed by atoms with Gasteiger partial charge in [-0.25, -0.2) is 8.78 Å². The van der Waals surface area contributed by atoms with E-state index in [1.54, 1.807) is 12.1 Å². The second-order valence-corrected chi connectivity index (χ2v) is 6.22. The molecule has 1 fully saturated rings. The van der Waals surface area contributed by atoms with Crippen molar-refractivity contribution in [3.05, 3.63) is 69.7 Å². The molecule has 3 rings (SSSR count). The summed E-state index contributed by atoms with van der Waals surface area (Å²) < 4.78 is 27.8. The molecule has 104 valence electrons. The zero-order chi connectivity index (χ0) is 14.2. The van der Waals surface area contributed by atoms with Crippen molar-refractivity contribution in [3.63, 3.8) is 0 Å². The zero-order valence-corrected chi connectivity index (χ0v) is 12.4. The summed E-state index contributed by atoms with van der Waals surface area (Å²) >= 11 is 3.27. The Morgan fingerprint density at radius 1 is 1.05 bits per heavy atom. The van der Waals surface area contributed by atoms with Crippen molar-refractivity contribution in [2.75, 3.05) is 13.1 Å². The molecule has 0 atom stereocenters. The quantitative estimate of drug-likeness (QED) is 0.897. The van der Waals surface area contributed by atoms with Crippen molar-refractivity contribution >= 4 is 15.9 Å². The molecule has 2 aromatic carbocycles. The van der Waals surface area contributed by atoms with Crippen molar-refractivity contribution < 1.29 is 8.78 Å². The highest BCUT2D eigenvalue weighted by molar-refractivity contribution is 9.10. The molecule has 0 aliphatic carbocycles. The van der Waals surface area contributed by atoms with Crippen LogP contribution < -0.4 is 5.32 Å². The molecular weight excluding hydrogens is 324 g/mol. The van der Waals surface area contributed by atoms with Gasteiger partial charge in [-0.05, 0) is 41.8 Å². The van der Waals surface area contributed by atoms with E-state index in [9.17, 15) is 8.78 Å². The maximum absolute atomic E-state index is 14.0. The lowest BCUT2D eigenvalue weighted by Gasteiger charge is -2.43. The molecular formula is C16H14BrF2N. The molecule has 1 aliphatic rings. The van der Waals surface area contributed by atoms with Crippen molar-refractivity contribution in [1.82, 2.24) is 5.32 Å². The van der Waals surface area contributed by atoms with E-state index in [0.29, 0.717) is 12.0 Å². The van der Waals surface area contributed by atoms with Crippen LogP contribution in [0.3, 0.4) is 0 Å². The van der Waals surface area contributed by atoms with Crippen molar-refractivity contribution in [2.45, 2.75) is 11.8 Å². The van der Waals surface area contributed by atoms with Crippen LogP contribution in [0.4, 0.5) is 8.78 Å². The zero-order valence-electron chi connectivity index (χ0n) is 10.8. The Balaban J connectivity index is 1.91. The SMILES string of the molecule is Fc1ccc(C2(Cc3ccc(Br)cc3F)CNC2)cc1. The molecule has 1 nitrogen and oxygen atoms in total. The fourth-order valence-electron chi connectivity index (χ4n) is 2.69. The van der Waals surface area contributed by atoms with Crippen LogP contribution in [0.25, 0.3) is 0 Å². The molecule has 20 heavy (non-hydrogen) atoms. The fourth-order valence-corrected chi connectivity index (χ4v) is 3.02. The second-order valence-electron chi connectivity index (χ2n) is 5.30. The van der Waals surface area contributed by atoms with E-state index in [2.05, 4.69) is 21.2 Å². The number of hydrogen-bond donors (Lipinski definition) is 1. The van der Waals surface area contributed by atoms with Crippen LogP contribution in [-0.2, 0) is 11.8 Å². The van der Waals surface area contributed by atoms with Crippen LogP contribution in [0, 0.1) is 11.6 Å². The van der Waals surface area contributed by atoms with E-state index in [-0.39, 0.29) is 17.0 Å². The Morgan fingerprint density at radius 2 is 1.75 bits per heavy atom. The monoisotopic (exact) mass is 337 g/mol. The summed E-state index contributed by atoms with van der Waals surface area (Å²) in [4.78, 5) is 0. The Labute approximate surface area is 125 Å². The first-order chi connectivity index (χ1) is 9.59. The minimum absolute atomic E-state index is 0.137. The molecule has 2 aromatic rings. The summed E-state index contributed by atoms with van der Waals surface area (Å²) in [6.07, 6.45) is 0.616. The molecule has 0 amide bonds. The van der Waals surface area contributed by atoms with Gasteiger partial charge in [0.05, 0.1) is 0 Å². The highest BCUT2D eigenvalue weighted by Gasteiger charge is 2.39. The van der Waals surface area contributed by atoms with Gasteiger partial charge >= 0.3 is 0 Å². The van der Waals surface area contributed by atoms with Gasteiger partial charge in [-0.2, -0.15) is 0 Å². The Morgan fingerprint density at radius 3 is 2.30 bits per heavy atom. The molecule has 4 heteroatoms. The van der Waals surface area contributed by atoms with E-state index >= 15 is 0 Å². The van der Waals surface area contributed by atoms with Crippen LogP contribution in [0.1, 0.15) is 11.1 Å². The van der Waals surface area contributed by atoms with Gasteiger partial charge in [-0.15, -0.1) is 0 Å². The second kappa shape index (κ2) is 5.26. The number of benzene rings is 2. The van der Waals surface area contributed by atoms with Crippen LogP contribution >= 0.6 is 15.9 Å². The molecule has 0 unspecified atom stereocenters. The maximum Gasteiger partial charge on any atom is 0.127 e. The summed E-state index contributed by atoms with van der Waals surface area (Å²) in [7, 11) is 0. The summed E-state index contributed by atoms with van der Waals surface area (Å²) in [5, 5.41) is 3.24. The average molecular weight is 338 g/mol. The highest BCUT2D eigenvalue weighted by Crippen LogP contribution is 2.33. The topological polar surface area (TPSA) is 12.0 Å². The third-order valence-corrected chi connectivity index (χ3v) is 4.42. The highest BCUT2D eigenvalue weighted by atomic mass is 79.9. The molecule has 1 saturated heterocycles. The Bertz CT molecular complexity index is 621. The molecule has 0 radical (unpaired) electrons. The molecule has 0 saturated carbocycles. The van der Waals surface area contributed by atoms with Gasteiger partial charge in [0.15, 0.2) is 0 Å². The fraction of sp³-hybridized carbons (Fsp3) is 0.250. The van der Waals surface area contributed by atoms with Crippen LogP contribution in [0.5, 0.6) is 0 Å². The van der Waals surface area contributed by atoms with Gasteiger partial charge in [0, 0.05) is 23.0 Å². The summed E-state index contributed by atoms with van der Waals surface area (Å²) in [6, 6.07) is 11.7. The summed E-state index contributed by atoms with van der Waals surface area (Å²) in [5.41, 5.74) is 1.61. The van der Waals surface area contributed by atoms with E-state index in [4.69, 9.17) is 0 Å². The maximum atomic E-state index is 14.0. The smallest absolute Gasteiger partial charge is 0.127 e. The average Bonchev–Trinajstić information content (AvgIpc) is 2.37. The first kappa shape index (κ1) is 13.7. The first-order valence-electron chi connectivity index (χ1n) is 6.50. The lowest BCUT2D eigenvalue weighted by molar-refractivity contribution is 0.272. The van der Waals surface area contributed by atoms with Crippen LogP contribution in [0.2, 0.25) is 0 Å². The first-order valence-corrected chi connectivity index (χ1v) is 7.29. The standard InChI is InChI=1S/C16H14BrF2N/c17-13-4-1-11(15(19)7-13)8-16(9-20-10-16)12-2-5-14(18)6-3-12/h1-7,20H,8-10H2. The molecule has 1 aliphatic heterocycles. The third kappa shape index (κ3) is 2.50. The van der Waals surface area contributed by atoms with Crippen molar-refractivity contribution in [2.24, 2.45) is 0 Å². The van der Waals surface area contributed by atoms with E-state index in [1.807, 2.05) is 12.1 Å². The van der Waals surface area contributed by atoms with Crippen molar-refractivity contribution in [3.8, 4) is 0 Å². The van der Waals surface area contributed by atoms with E-state index in [0.717, 1.165) is 23.1 Å². The van der Waals surface area contributed by atoms with Gasteiger partial charge in [0.25, 0.3) is 0 Å². The van der Waals surface area contributed by atoms with Gasteiger partial charge in [0.2, 0.25) is 0 Å². The lowest BCUT2D eigenvalue weighted by Crippen LogP contribution is -2.58. The van der Waals surface area contributed by atoms with Crippen LogP contribution in [-0.4, -0.2) is 13.1 Å². The largest absolute Gasteiger partial charge is 0.315 e. The predicted octanol–water partition coefficient (Wildman–Crippen LogP) is 3.81. The predicted molar refractivity (Wildman–Crippen MR) is 78.8 cm³/mol. The Kier molecular flexibility index (Phi) is 3.61. The van der Waals surface area contributed by atoms with Gasteiger partial charge in [-0.3, -0.25) is 0 Å². The number of rotatable bonds is 3. The minimum atomic E-state index is -0.244. The normalized spacial score (nSPS) is 16.8. The molecule has 0 bridgehead atoms. The summed E-state index contributed by atoms with van der Waals surface area (Å²) in [6.45, 7) is 1.57. The molecule has 0 aromatic heterocycles. The van der Waals surface area contributed by atoms with Gasteiger partial charge in [-0.1, -0.05) is 34.1 Å². The number of halogens is 3. The Hall–Kier alpha value is -1.26. The van der Waals surface area contributed by atoms with E-state index < -0.39 is 0 Å². The number of nitrogens with one attached hydrogen (secondary N) is 1. The lowest BCUT2D eigenvalue weighted by atomic mass is 9.71. The third-order valence-electron chi connectivity index (χ3n) is 3.93. The number of hydrogen-bond acceptors (Lipinski definition) is 1. The molecule has 0 spiro atoms. The van der Waals surface area contributed by atoms with Gasteiger partial charge < -0.3 is 5.32 Å². The summed E-state index contributed by atoms with van der Waals surface area (Å²) in [5.74, 6) is -0.446. The molecule has 1 heterocycles. The molecule has 1 N–H and O–H groups in total. The van der Waals surface area contributed by atoms with Crippen LogP contribution in [0.15, 0.2) is 46.9 Å². The van der Waals surface area contributed by atoms with Crippen molar-refractivity contribution in [1.29, 1.82) is 0 Å².